The monoisotopic (exact) mass is 399 g/mol. The normalized spacial score (nSPS) is 19.2. The molecule has 0 saturated heterocycles. The first-order valence-corrected chi connectivity index (χ1v) is 9.93. The molecule has 1 aromatic rings. The molecule has 0 atom stereocenters. The number of fused-ring (bicyclic) bond motifs is 3. The quantitative estimate of drug-likeness (QED) is 0.623. The van der Waals surface area contributed by atoms with Gasteiger partial charge in [0.2, 0.25) is 18.4 Å². The molecule has 4 rings (SSSR count). The molecule has 1 aliphatic carbocycles. The van der Waals surface area contributed by atoms with Gasteiger partial charge in [-0.25, -0.2) is 4.79 Å². The number of carbonyl (C=O) groups is 3. The number of rotatable bonds is 0. The Bertz CT molecular complexity index is 924. The van der Waals surface area contributed by atoms with Gasteiger partial charge in [0, 0.05) is 25.1 Å². The fourth-order valence-electron chi connectivity index (χ4n) is 3.97. The predicted molar refractivity (Wildman–Crippen MR) is 105 cm³/mol. The maximum atomic E-state index is 12.6. The minimum absolute atomic E-state index is 0.126. The minimum atomic E-state index is -0.573. The summed E-state index contributed by atoms with van der Waals surface area (Å²) in [5.41, 5.74) is 2.35. The molecular formula is C22H25NO6. The lowest BCUT2D eigenvalue weighted by atomic mass is 9.91. The third-order valence-electron chi connectivity index (χ3n) is 5.28. The molecule has 0 N–H and O–H groups in total. The van der Waals surface area contributed by atoms with Crippen LogP contribution in [0.5, 0.6) is 11.5 Å². The van der Waals surface area contributed by atoms with Crippen LogP contribution < -0.4 is 9.47 Å². The lowest BCUT2D eigenvalue weighted by Crippen LogP contribution is -2.38. The molecule has 0 unspecified atom stereocenters. The van der Waals surface area contributed by atoms with Gasteiger partial charge < -0.3 is 19.1 Å². The molecule has 29 heavy (non-hydrogen) atoms. The van der Waals surface area contributed by atoms with E-state index in [1.165, 1.54) is 0 Å². The van der Waals surface area contributed by atoms with Gasteiger partial charge in [-0.05, 0) is 63.3 Å². The van der Waals surface area contributed by atoms with Crippen LogP contribution in [0.2, 0.25) is 0 Å². The predicted octanol–water partition coefficient (Wildman–Crippen LogP) is 3.28. The fraction of sp³-hybridized carbons (Fsp3) is 0.500. The first-order chi connectivity index (χ1) is 13.7. The lowest BCUT2D eigenvalue weighted by molar-refractivity contribution is -0.132. The minimum Gasteiger partial charge on any atom is -0.454 e. The average Bonchev–Trinajstić information content (AvgIpc) is 3.19. The van der Waals surface area contributed by atoms with Crippen LogP contribution in [-0.2, 0) is 20.7 Å². The largest absolute Gasteiger partial charge is 0.454 e. The van der Waals surface area contributed by atoms with Crippen molar-refractivity contribution in [2.45, 2.75) is 52.1 Å². The number of allylic oxidation sites excluding steroid dienone is 2. The van der Waals surface area contributed by atoms with Crippen molar-refractivity contribution in [2.24, 2.45) is 0 Å². The highest BCUT2D eigenvalue weighted by Crippen LogP contribution is 2.41. The van der Waals surface area contributed by atoms with Crippen molar-refractivity contribution >= 4 is 23.2 Å². The zero-order valence-corrected chi connectivity index (χ0v) is 17.0. The van der Waals surface area contributed by atoms with Gasteiger partial charge in [-0.3, -0.25) is 9.59 Å². The SMILES string of the molecule is CC(C)(C)OC(=O)N1CCCC2=C(C(=O)C(=O)C2)c2cc3c(cc2CC1)OCO3. The average molecular weight is 399 g/mol. The Kier molecular flexibility index (Phi) is 4.84. The van der Waals surface area contributed by atoms with Crippen LogP contribution in [0.25, 0.3) is 5.57 Å². The van der Waals surface area contributed by atoms with Gasteiger partial charge in [0.1, 0.15) is 5.60 Å². The van der Waals surface area contributed by atoms with Gasteiger partial charge in [-0.1, -0.05) is 5.57 Å². The molecule has 0 saturated carbocycles. The molecule has 7 nitrogen and oxygen atoms in total. The zero-order chi connectivity index (χ0) is 20.8. The summed E-state index contributed by atoms with van der Waals surface area (Å²) >= 11 is 0. The van der Waals surface area contributed by atoms with E-state index in [4.69, 9.17) is 14.2 Å². The molecule has 0 fully saturated rings. The van der Waals surface area contributed by atoms with Gasteiger partial charge in [-0.2, -0.15) is 0 Å². The highest BCUT2D eigenvalue weighted by Gasteiger charge is 2.35. The van der Waals surface area contributed by atoms with Crippen molar-refractivity contribution in [1.29, 1.82) is 0 Å². The summed E-state index contributed by atoms with van der Waals surface area (Å²) in [6, 6.07) is 3.65. The van der Waals surface area contributed by atoms with Crippen LogP contribution in [0.3, 0.4) is 0 Å². The van der Waals surface area contributed by atoms with E-state index in [1.54, 1.807) is 11.0 Å². The molecule has 2 aliphatic heterocycles. The van der Waals surface area contributed by atoms with Crippen LogP contribution >= 0.6 is 0 Å². The van der Waals surface area contributed by atoms with Crippen molar-refractivity contribution in [1.82, 2.24) is 4.90 Å². The van der Waals surface area contributed by atoms with E-state index in [-0.39, 0.29) is 25.1 Å². The van der Waals surface area contributed by atoms with Gasteiger partial charge in [-0.15, -0.1) is 0 Å². The summed E-state index contributed by atoms with van der Waals surface area (Å²) in [5.74, 6) is 0.388. The first kappa shape index (κ1) is 19.5. The van der Waals surface area contributed by atoms with Crippen LogP contribution in [0, 0.1) is 0 Å². The second kappa shape index (κ2) is 7.21. The summed E-state index contributed by atoms with van der Waals surface area (Å²) in [6.45, 7) is 6.61. The molecule has 154 valence electrons. The molecule has 0 aromatic heterocycles. The Morgan fingerprint density at radius 3 is 2.52 bits per heavy atom. The molecular weight excluding hydrogens is 374 g/mol. The Labute approximate surface area is 169 Å². The first-order valence-electron chi connectivity index (χ1n) is 9.93. The highest BCUT2D eigenvalue weighted by atomic mass is 16.7. The highest BCUT2D eigenvalue weighted by molar-refractivity contribution is 6.57. The van der Waals surface area contributed by atoms with Crippen molar-refractivity contribution in [3.63, 3.8) is 0 Å². The number of hydrogen-bond donors (Lipinski definition) is 0. The van der Waals surface area contributed by atoms with Crippen molar-refractivity contribution in [2.75, 3.05) is 19.9 Å². The van der Waals surface area contributed by atoms with E-state index < -0.39 is 11.4 Å². The third-order valence-corrected chi connectivity index (χ3v) is 5.28. The number of amides is 1. The van der Waals surface area contributed by atoms with E-state index >= 15 is 0 Å². The number of carbonyl (C=O) groups excluding carboxylic acids is 3. The molecule has 7 heteroatoms. The van der Waals surface area contributed by atoms with E-state index in [2.05, 4.69) is 0 Å². The van der Waals surface area contributed by atoms with Crippen molar-refractivity contribution < 1.29 is 28.6 Å². The third kappa shape index (κ3) is 3.86. The summed E-state index contributed by atoms with van der Waals surface area (Å²) in [5, 5.41) is 0. The Hall–Kier alpha value is -2.83. The number of ether oxygens (including phenoxy) is 3. The van der Waals surface area contributed by atoms with Gasteiger partial charge in [0.25, 0.3) is 0 Å². The van der Waals surface area contributed by atoms with Gasteiger partial charge in [0.15, 0.2) is 11.5 Å². The molecule has 0 spiro atoms. The van der Waals surface area contributed by atoms with Crippen LogP contribution in [0.1, 0.15) is 51.2 Å². The van der Waals surface area contributed by atoms with E-state index in [0.717, 1.165) is 11.1 Å². The van der Waals surface area contributed by atoms with Crippen LogP contribution in [0.4, 0.5) is 4.79 Å². The number of ketones is 2. The standard InChI is InChI=1S/C22H25NO6/c1-22(2,3)29-21(26)23-7-4-5-14-9-16(24)20(25)19(14)15-11-18-17(27-12-28-18)10-13(15)6-8-23/h10-11H,4-9,12H2,1-3H3. The number of hydrogen-bond acceptors (Lipinski definition) is 6. The van der Waals surface area contributed by atoms with Crippen LogP contribution in [0.15, 0.2) is 17.7 Å². The van der Waals surface area contributed by atoms with Gasteiger partial charge in [0.05, 0.1) is 0 Å². The second-order valence-corrected chi connectivity index (χ2v) is 8.59. The smallest absolute Gasteiger partial charge is 0.410 e. The molecule has 0 radical (unpaired) electrons. The fourth-order valence-corrected chi connectivity index (χ4v) is 3.97. The number of nitrogens with zero attached hydrogens (tertiary/aromatic N) is 1. The Morgan fingerprint density at radius 1 is 1.07 bits per heavy atom. The summed E-state index contributed by atoms with van der Waals surface area (Å²) < 4.78 is 16.5. The summed E-state index contributed by atoms with van der Waals surface area (Å²) in [6.07, 6.45) is 1.56. The van der Waals surface area contributed by atoms with Crippen molar-refractivity contribution in [3.05, 3.63) is 28.8 Å². The zero-order valence-electron chi connectivity index (χ0n) is 17.0. The molecule has 1 aromatic carbocycles. The lowest BCUT2D eigenvalue weighted by Gasteiger charge is -2.28. The van der Waals surface area contributed by atoms with E-state index in [9.17, 15) is 14.4 Å². The maximum Gasteiger partial charge on any atom is 0.410 e. The molecule has 3 aliphatic rings. The topological polar surface area (TPSA) is 82.1 Å². The number of Topliss-reactive ketones (excluding diaryl/α,β-unsaturated/α-hetero) is 2. The molecule has 1 amide bonds. The maximum absolute atomic E-state index is 12.6. The molecule has 2 heterocycles. The van der Waals surface area contributed by atoms with E-state index in [1.807, 2.05) is 26.8 Å². The summed E-state index contributed by atoms with van der Waals surface area (Å²) in [7, 11) is 0. The van der Waals surface area contributed by atoms with Gasteiger partial charge >= 0.3 is 6.09 Å². The summed E-state index contributed by atoms with van der Waals surface area (Å²) in [4.78, 5) is 39.2. The Balaban J connectivity index is 1.71. The number of benzene rings is 1. The van der Waals surface area contributed by atoms with E-state index in [0.29, 0.717) is 55.0 Å². The Morgan fingerprint density at radius 2 is 1.79 bits per heavy atom. The molecule has 0 bridgehead atoms. The van der Waals surface area contributed by atoms with Crippen LogP contribution in [-0.4, -0.2) is 48.0 Å². The second-order valence-electron chi connectivity index (χ2n) is 8.59. The van der Waals surface area contributed by atoms with Crippen molar-refractivity contribution in [3.8, 4) is 11.5 Å².